The second-order valence-electron chi connectivity index (χ2n) is 3.93. The molecule has 0 aromatic heterocycles. The van der Waals surface area contributed by atoms with Gasteiger partial charge in [0.2, 0.25) is 23.9 Å². The fourth-order valence-corrected chi connectivity index (χ4v) is 1.26. The number of hydrogen-bond acceptors (Lipinski definition) is 11. The highest BCUT2D eigenvalue weighted by atomic mass is 16.5. The molecule has 0 aromatic rings. The second-order valence-corrected chi connectivity index (χ2v) is 3.93. The van der Waals surface area contributed by atoms with Crippen LogP contribution in [0.15, 0.2) is 15.0 Å². The zero-order valence-corrected chi connectivity index (χ0v) is 12.0. The third kappa shape index (κ3) is 8.82. The van der Waals surface area contributed by atoms with Crippen molar-refractivity contribution in [1.29, 1.82) is 0 Å². The Morgan fingerprint density at radius 1 is 0.957 bits per heavy atom. The van der Waals surface area contributed by atoms with Crippen molar-refractivity contribution in [3.63, 3.8) is 0 Å². The molecule has 0 saturated heterocycles. The van der Waals surface area contributed by atoms with Gasteiger partial charge in [0.15, 0.2) is 0 Å². The maximum absolute atomic E-state index is 11.8. The Labute approximate surface area is 130 Å². The first-order chi connectivity index (χ1) is 11.0. The van der Waals surface area contributed by atoms with Crippen LogP contribution in [0.5, 0.6) is 0 Å². The number of carbonyl (C=O) groups is 2. The molecule has 1 atom stereocenters. The molecular weight excluding hydrogens is 312 g/mol. The summed E-state index contributed by atoms with van der Waals surface area (Å²) in [6.45, 7) is -0.587. The first-order valence-electron chi connectivity index (χ1n) is 6.28. The van der Waals surface area contributed by atoms with Gasteiger partial charge < -0.3 is 9.47 Å². The van der Waals surface area contributed by atoms with Crippen molar-refractivity contribution < 1.29 is 33.4 Å². The molecule has 11 heteroatoms. The predicted molar refractivity (Wildman–Crippen MR) is 72.2 cm³/mol. The summed E-state index contributed by atoms with van der Waals surface area (Å²) in [4.78, 5) is 62.7. The molecule has 0 radical (unpaired) electrons. The van der Waals surface area contributed by atoms with E-state index >= 15 is 0 Å². The minimum Gasteiger partial charge on any atom is -0.464 e. The van der Waals surface area contributed by atoms with Gasteiger partial charge in [-0.1, -0.05) is 0 Å². The number of aliphatic imine (C=N–C) groups is 3. The minimum atomic E-state index is -2.10. The number of ether oxygens (including phenoxy) is 2. The number of nitrogens with zero attached hydrogens (tertiary/aromatic N) is 3. The zero-order valence-electron chi connectivity index (χ0n) is 12.0. The van der Waals surface area contributed by atoms with Gasteiger partial charge in [-0.2, -0.15) is 4.99 Å². The van der Waals surface area contributed by atoms with E-state index in [0.29, 0.717) is 0 Å². The van der Waals surface area contributed by atoms with Gasteiger partial charge >= 0.3 is 11.9 Å². The van der Waals surface area contributed by atoms with E-state index < -0.39 is 17.6 Å². The highest BCUT2D eigenvalue weighted by molar-refractivity contribution is 5.82. The Morgan fingerprint density at radius 3 is 2.04 bits per heavy atom. The monoisotopic (exact) mass is 326 g/mol. The van der Waals surface area contributed by atoms with E-state index in [2.05, 4.69) is 19.7 Å². The van der Waals surface area contributed by atoms with E-state index in [1.54, 1.807) is 0 Å². The lowest BCUT2D eigenvalue weighted by Crippen LogP contribution is -2.48. The molecule has 11 nitrogen and oxygen atoms in total. The highest BCUT2D eigenvalue weighted by Gasteiger charge is 2.36. The summed E-state index contributed by atoms with van der Waals surface area (Å²) in [5.41, 5.74) is 3.50. The molecule has 124 valence electrons. The summed E-state index contributed by atoms with van der Waals surface area (Å²) in [7, 11) is 0. The van der Waals surface area contributed by atoms with Gasteiger partial charge in [-0.05, 0) is 0 Å². The number of nitrogens with two attached hydrogens (primary N) is 1. The number of esters is 2. The Morgan fingerprint density at radius 2 is 1.52 bits per heavy atom. The smallest absolute Gasteiger partial charge is 0.349 e. The van der Waals surface area contributed by atoms with Crippen molar-refractivity contribution in [1.82, 2.24) is 0 Å². The molecule has 1 unspecified atom stereocenters. The van der Waals surface area contributed by atoms with Crippen LogP contribution < -0.4 is 5.73 Å². The summed E-state index contributed by atoms with van der Waals surface area (Å²) >= 11 is 0. The molecule has 2 N–H and O–H groups in total. The van der Waals surface area contributed by atoms with Crippen molar-refractivity contribution in [2.24, 2.45) is 20.7 Å². The molecule has 0 rings (SSSR count). The Hall–Kier alpha value is -2.96. The van der Waals surface area contributed by atoms with Crippen LogP contribution in [-0.4, -0.2) is 62.1 Å². The van der Waals surface area contributed by atoms with Gasteiger partial charge in [-0.25, -0.2) is 29.2 Å². The van der Waals surface area contributed by atoms with E-state index in [1.165, 1.54) is 12.2 Å². The van der Waals surface area contributed by atoms with Gasteiger partial charge in [0.05, 0.1) is 13.1 Å². The van der Waals surface area contributed by atoms with Gasteiger partial charge in [-0.3, -0.25) is 10.5 Å². The average Bonchev–Trinajstić information content (AvgIpc) is 2.54. The first-order valence-corrected chi connectivity index (χ1v) is 6.28. The molecule has 0 aliphatic rings. The van der Waals surface area contributed by atoms with Crippen LogP contribution in [0.25, 0.3) is 0 Å². The standard InChI is InChI=1S/C12H14N4O7/c13-12(16-9-19,11(21)23-6-4-15-8-18)2-1-10(20)22-5-3-14-7-17/h1-6,13H2. The third-order valence-electron chi connectivity index (χ3n) is 2.34. The Kier molecular flexibility index (Phi) is 10.2. The Balaban J connectivity index is 4.48. The normalized spacial score (nSPS) is 11.7. The van der Waals surface area contributed by atoms with Crippen molar-refractivity contribution in [3.05, 3.63) is 0 Å². The van der Waals surface area contributed by atoms with E-state index in [1.807, 2.05) is 0 Å². The minimum absolute atomic E-state index is 0.0468. The van der Waals surface area contributed by atoms with Gasteiger partial charge in [-0.15, -0.1) is 0 Å². The van der Waals surface area contributed by atoms with Crippen LogP contribution in [0.4, 0.5) is 0 Å². The van der Waals surface area contributed by atoms with Crippen LogP contribution in [-0.2, 0) is 33.4 Å². The van der Waals surface area contributed by atoms with Crippen molar-refractivity contribution in [2.45, 2.75) is 18.5 Å². The third-order valence-corrected chi connectivity index (χ3v) is 2.34. The average molecular weight is 326 g/mol. The summed E-state index contributed by atoms with van der Waals surface area (Å²) < 4.78 is 9.38. The van der Waals surface area contributed by atoms with Crippen LogP contribution in [0, 0.1) is 0 Å². The lowest BCUT2D eigenvalue weighted by atomic mass is 10.1. The highest BCUT2D eigenvalue weighted by Crippen LogP contribution is 2.14. The predicted octanol–water partition coefficient (Wildman–Crippen LogP) is -1.48. The van der Waals surface area contributed by atoms with Gasteiger partial charge in [0, 0.05) is 12.8 Å². The second kappa shape index (κ2) is 11.7. The summed E-state index contributed by atoms with van der Waals surface area (Å²) in [6, 6.07) is 0. The molecule has 23 heavy (non-hydrogen) atoms. The quantitative estimate of drug-likeness (QED) is 0.207. The lowest BCUT2D eigenvalue weighted by molar-refractivity contribution is -0.151. The topological polar surface area (TPSA) is 167 Å². The van der Waals surface area contributed by atoms with Crippen LogP contribution in [0.1, 0.15) is 12.8 Å². The largest absolute Gasteiger partial charge is 0.464 e. The first kappa shape index (κ1) is 20.0. The van der Waals surface area contributed by atoms with E-state index in [4.69, 9.17) is 10.5 Å². The molecule has 0 heterocycles. The maximum Gasteiger partial charge on any atom is 0.349 e. The lowest BCUT2D eigenvalue weighted by Gasteiger charge is -2.20. The molecule has 0 aliphatic carbocycles. The van der Waals surface area contributed by atoms with E-state index in [-0.39, 0.29) is 39.1 Å². The molecular formula is C12H14N4O7. The fraction of sp³-hybridized carbons (Fsp3) is 0.583. The molecule has 0 bridgehead atoms. The van der Waals surface area contributed by atoms with Crippen molar-refractivity contribution >= 4 is 30.2 Å². The van der Waals surface area contributed by atoms with Crippen LogP contribution >= 0.6 is 0 Å². The van der Waals surface area contributed by atoms with Gasteiger partial charge in [0.1, 0.15) is 13.2 Å². The van der Waals surface area contributed by atoms with Crippen LogP contribution in [0.3, 0.4) is 0 Å². The SMILES string of the molecule is NC(CCC(=O)OCCN=C=O)(N=C=O)C(=O)OCCN=C=O. The van der Waals surface area contributed by atoms with E-state index in [0.717, 1.165) is 6.08 Å². The number of carbonyl (C=O) groups excluding carboxylic acids is 5. The molecule has 0 saturated carbocycles. The van der Waals surface area contributed by atoms with Crippen molar-refractivity contribution in [2.75, 3.05) is 26.3 Å². The molecule has 0 amide bonds. The summed E-state index contributed by atoms with van der Waals surface area (Å²) in [6.07, 6.45) is 2.94. The van der Waals surface area contributed by atoms with Crippen LogP contribution in [0.2, 0.25) is 0 Å². The fourth-order valence-electron chi connectivity index (χ4n) is 1.26. The Bertz CT molecular complexity index is 560. The van der Waals surface area contributed by atoms with E-state index in [9.17, 15) is 24.0 Å². The summed E-state index contributed by atoms with van der Waals surface area (Å²) in [5.74, 6) is -1.82. The number of rotatable bonds is 11. The molecule has 0 aromatic carbocycles. The molecule has 0 spiro atoms. The zero-order chi connectivity index (χ0) is 17.6. The van der Waals surface area contributed by atoms with Gasteiger partial charge in [0.25, 0.3) is 0 Å². The number of hydrogen-bond donors (Lipinski definition) is 1. The van der Waals surface area contributed by atoms with Crippen molar-refractivity contribution in [3.8, 4) is 0 Å². The maximum atomic E-state index is 11.8. The number of isocyanates is 3. The summed E-state index contributed by atoms with van der Waals surface area (Å²) in [5, 5.41) is 0. The molecule has 0 aliphatic heterocycles. The molecule has 0 fully saturated rings.